The van der Waals surface area contributed by atoms with Gasteiger partial charge in [-0.3, -0.25) is 0 Å². The predicted octanol–water partition coefficient (Wildman–Crippen LogP) is 3.95. The Morgan fingerprint density at radius 1 is 1.09 bits per heavy atom. The van der Waals surface area contributed by atoms with Crippen LogP contribution in [-0.2, 0) is 16.6 Å². The van der Waals surface area contributed by atoms with Gasteiger partial charge in [-0.25, -0.2) is 0 Å². The number of hydrogen-bond acceptors (Lipinski definition) is 2. The standard InChI is InChI=1S/C21H28O2/c1-3-5-9-17-10-7-8-11-19(17)21(14-6-4-2)15-12-18(13-16-21)20(22)23/h7-8,10-13,15-16,18H,3-6,9,14H2,1-2H3,(H,22,23)/p-1. The average Bonchev–Trinajstić information content (AvgIpc) is 2.58. The zero-order valence-electron chi connectivity index (χ0n) is 14.3. The van der Waals surface area contributed by atoms with Crippen molar-refractivity contribution in [3.8, 4) is 0 Å². The lowest BCUT2D eigenvalue weighted by Crippen LogP contribution is -2.33. The van der Waals surface area contributed by atoms with Crippen molar-refractivity contribution in [1.29, 1.82) is 0 Å². The van der Waals surface area contributed by atoms with Gasteiger partial charge in [0, 0.05) is 11.3 Å². The molecule has 0 fully saturated rings. The van der Waals surface area contributed by atoms with Gasteiger partial charge in [0.1, 0.15) is 0 Å². The lowest BCUT2D eigenvalue weighted by molar-refractivity contribution is -0.308. The normalized spacial score (nSPS) is 23.1. The van der Waals surface area contributed by atoms with Crippen LogP contribution in [0.2, 0.25) is 0 Å². The van der Waals surface area contributed by atoms with Gasteiger partial charge in [-0.15, -0.1) is 0 Å². The molecule has 2 rings (SSSR count). The van der Waals surface area contributed by atoms with E-state index < -0.39 is 11.9 Å². The van der Waals surface area contributed by atoms with Crippen molar-refractivity contribution < 1.29 is 9.90 Å². The summed E-state index contributed by atoms with van der Waals surface area (Å²) in [6.07, 6.45) is 14.5. The number of hydrogen-bond donors (Lipinski definition) is 0. The van der Waals surface area contributed by atoms with Gasteiger partial charge in [-0.1, -0.05) is 81.7 Å². The number of unbranched alkanes of at least 4 members (excludes halogenated alkanes) is 2. The minimum atomic E-state index is -1.03. The van der Waals surface area contributed by atoms with Crippen molar-refractivity contribution in [3.63, 3.8) is 0 Å². The molecular weight excluding hydrogens is 284 g/mol. The molecule has 0 unspecified atom stereocenters. The fourth-order valence-corrected chi connectivity index (χ4v) is 3.34. The third-order valence-electron chi connectivity index (χ3n) is 4.74. The van der Waals surface area contributed by atoms with Crippen molar-refractivity contribution in [3.05, 3.63) is 59.7 Å². The summed E-state index contributed by atoms with van der Waals surface area (Å²) in [6.45, 7) is 4.40. The zero-order chi connectivity index (χ0) is 16.7. The summed E-state index contributed by atoms with van der Waals surface area (Å²) in [5, 5.41) is 11.1. The van der Waals surface area contributed by atoms with Crippen LogP contribution in [0.4, 0.5) is 0 Å². The van der Waals surface area contributed by atoms with Crippen LogP contribution in [0.1, 0.15) is 57.1 Å². The van der Waals surface area contributed by atoms with Crippen LogP contribution in [-0.4, -0.2) is 5.97 Å². The van der Waals surface area contributed by atoms with E-state index in [1.807, 2.05) is 0 Å². The molecule has 0 saturated heterocycles. The van der Waals surface area contributed by atoms with Crippen molar-refractivity contribution >= 4 is 5.97 Å². The van der Waals surface area contributed by atoms with E-state index in [-0.39, 0.29) is 5.41 Å². The second-order valence-corrected chi connectivity index (χ2v) is 6.47. The summed E-state index contributed by atoms with van der Waals surface area (Å²) in [6, 6.07) is 8.60. The van der Waals surface area contributed by atoms with Crippen LogP contribution in [0.25, 0.3) is 0 Å². The molecule has 1 aliphatic carbocycles. The molecule has 1 aromatic carbocycles. The zero-order valence-corrected chi connectivity index (χ0v) is 14.3. The van der Waals surface area contributed by atoms with Gasteiger partial charge in [-0.05, 0) is 30.4 Å². The van der Waals surface area contributed by atoms with Gasteiger partial charge in [-0.2, -0.15) is 0 Å². The molecule has 124 valence electrons. The molecule has 0 spiro atoms. The molecule has 0 radical (unpaired) electrons. The number of rotatable bonds is 8. The maximum absolute atomic E-state index is 11.1. The summed E-state index contributed by atoms with van der Waals surface area (Å²) in [5.41, 5.74) is 2.53. The summed E-state index contributed by atoms with van der Waals surface area (Å²) >= 11 is 0. The first-order valence-corrected chi connectivity index (χ1v) is 8.81. The number of carboxylic acid groups (broad SMARTS) is 1. The Balaban J connectivity index is 2.39. The van der Waals surface area contributed by atoms with Gasteiger partial charge >= 0.3 is 0 Å². The predicted molar refractivity (Wildman–Crippen MR) is 93.0 cm³/mol. The van der Waals surface area contributed by atoms with Crippen LogP contribution in [0.5, 0.6) is 0 Å². The molecule has 0 bridgehead atoms. The Hall–Kier alpha value is -1.83. The lowest BCUT2D eigenvalue weighted by atomic mass is 9.70. The SMILES string of the molecule is CCCCc1ccccc1C1(CCCC)C=CC(C(=O)[O-])C=C1. The number of carboxylic acids is 1. The third-order valence-corrected chi connectivity index (χ3v) is 4.74. The summed E-state index contributed by atoms with van der Waals surface area (Å²) in [5.74, 6) is -1.63. The van der Waals surface area contributed by atoms with Crippen molar-refractivity contribution in [1.82, 2.24) is 0 Å². The monoisotopic (exact) mass is 311 g/mol. The second-order valence-electron chi connectivity index (χ2n) is 6.47. The van der Waals surface area contributed by atoms with Gasteiger partial charge in [0.05, 0.1) is 5.97 Å². The van der Waals surface area contributed by atoms with Gasteiger partial charge in [0.15, 0.2) is 0 Å². The van der Waals surface area contributed by atoms with Gasteiger partial charge in [0.2, 0.25) is 0 Å². The highest BCUT2D eigenvalue weighted by molar-refractivity contribution is 5.73. The maximum atomic E-state index is 11.1. The minimum absolute atomic E-state index is 0.174. The highest BCUT2D eigenvalue weighted by Crippen LogP contribution is 2.39. The Morgan fingerprint density at radius 2 is 1.74 bits per heavy atom. The first-order valence-electron chi connectivity index (χ1n) is 8.81. The molecule has 0 heterocycles. The van der Waals surface area contributed by atoms with E-state index in [1.165, 1.54) is 24.0 Å². The van der Waals surface area contributed by atoms with Crippen LogP contribution in [0, 0.1) is 5.92 Å². The Kier molecular flexibility index (Phi) is 6.20. The number of carbonyl (C=O) groups is 1. The Morgan fingerprint density at radius 3 is 2.35 bits per heavy atom. The molecule has 2 heteroatoms. The molecule has 0 aromatic heterocycles. The average molecular weight is 311 g/mol. The quantitative estimate of drug-likeness (QED) is 0.682. The summed E-state index contributed by atoms with van der Waals surface area (Å²) < 4.78 is 0. The van der Waals surface area contributed by atoms with E-state index in [9.17, 15) is 9.90 Å². The molecule has 23 heavy (non-hydrogen) atoms. The smallest absolute Gasteiger partial charge is 0.0521 e. The number of aliphatic carboxylic acids is 1. The number of allylic oxidation sites excluding steroid dienone is 2. The van der Waals surface area contributed by atoms with Crippen molar-refractivity contribution in [2.24, 2.45) is 5.92 Å². The largest absolute Gasteiger partial charge is 0.549 e. The van der Waals surface area contributed by atoms with Crippen LogP contribution >= 0.6 is 0 Å². The van der Waals surface area contributed by atoms with Crippen molar-refractivity contribution in [2.75, 3.05) is 0 Å². The molecular formula is C21H27O2-. The Labute approximate surface area is 139 Å². The van der Waals surface area contributed by atoms with E-state index in [0.717, 1.165) is 25.7 Å². The number of aryl methyl sites for hydroxylation is 1. The molecule has 2 nitrogen and oxygen atoms in total. The maximum Gasteiger partial charge on any atom is 0.0521 e. The third kappa shape index (κ3) is 4.13. The topological polar surface area (TPSA) is 40.1 Å². The Bertz CT molecular complexity index is 569. The van der Waals surface area contributed by atoms with Crippen LogP contribution in [0.15, 0.2) is 48.6 Å². The highest BCUT2D eigenvalue weighted by atomic mass is 16.4. The first-order chi connectivity index (χ1) is 11.1. The first kappa shape index (κ1) is 17.5. The van der Waals surface area contributed by atoms with Crippen molar-refractivity contribution in [2.45, 2.75) is 57.8 Å². The van der Waals surface area contributed by atoms with Crippen LogP contribution < -0.4 is 5.11 Å². The molecule has 0 saturated carbocycles. The van der Waals surface area contributed by atoms with Gasteiger partial charge in [0.25, 0.3) is 0 Å². The van der Waals surface area contributed by atoms with E-state index in [2.05, 4.69) is 50.3 Å². The van der Waals surface area contributed by atoms with E-state index in [0.29, 0.717) is 0 Å². The highest BCUT2D eigenvalue weighted by Gasteiger charge is 2.30. The fourth-order valence-electron chi connectivity index (χ4n) is 3.34. The summed E-state index contributed by atoms with van der Waals surface area (Å²) in [7, 11) is 0. The van der Waals surface area contributed by atoms with E-state index in [4.69, 9.17) is 0 Å². The number of benzene rings is 1. The minimum Gasteiger partial charge on any atom is -0.549 e. The molecule has 0 aliphatic heterocycles. The second kappa shape index (κ2) is 8.14. The lowest BCUT2D eigenvalue weighted by Gasteiger charge is -2.34. The molecule has 1 aliphatic rings. The fraction of sp³-hybridized carbons (Fsp3) is 0.476. The van der Waals surface area contributed by atoms with Gasteiger partial charge < -0.3 is 9.90 Å². The molecule has 0 amide bonds. The van der Waals surface area contributed by atoms with E-state index in [1.54, 1.807) is 12.2 Å². The number of carbonyl (C=O) groups excluding carboxylic acids is 1. The molecule has 0 atom stereocenters. The van der Waals surface area contributed by atoms with E-state index >= 15 is 0 Å². The molecule has 1 aromatic rings. The van der Waals surface area contributed by atoms with Crippen LogP contribution in [0.3, 0.4) is 0 Å². The molecule has 0 N–H and O–H groups in total. The summed E-state index contributed by atoms with van der Waals surface area (Å²) in [4.78, 5) is 11.1.